The van der Waals surface area contributed by atoms with E-state index >= 15 is 0 Å². The van der Waals surface area contributed by atoms with Crippen LogP contribution in [0.15, 0.2) is 0 Å². The van der Waals surface area contributed by atoms with Crippen LogP contribution in [0.2, 0.25) is 0 Å². The number of nitrogens with two attached hydrogens (primary N) is 1. The molecule has 1 heterocycles. The number of amides is 1. The number of carbonyl (C=O) groups excluding carboxylic acids is 1. The minimum absolute atomic E-state index is 0.0570. The van der Waals surface area contributed by atoms with E-state index in [1.54, 1.807) is 0 Å². The van der Waals surface area contributed by atoms with Crippen LogP contribution in [-0.4, -0.2) is 41.1 Å². The Balaban J connectivity index is 2.40. The van der Waals surface area contributed by atoms with Crippen LogP contribution in [0.3, 0.4) is 0 Å². The second-order valence-corrected chi connectivity index (χ2v) is 4.42. The van der Waals surface area contributed by atoms with Crippen LogP contribution < -0.4 is 5.73 Å². The summed E-state index contributed by atoms with van der Waals surface area (Å²) < 4.78 is 0. The number of likely N-dealkylation sites (tertiary alicyclic amines) is 1. The van der Waals surface area contributed by atoms with Crippen molar-refractivity contribution in [3.8, 4) is 0 Å². The number of nitrogens with zero attached hydrogens (tertiary/aromatic N) is 1. The van der Waals surface area contributed by atoms with E-state index in [4.69, 9.17) is 5.73 Å². The van der Waals surface area contributed by atoms with Gasteiger partial charge in [-0.1, -0.05) is 6.92 Å². The van der Waals surface area contributed by atoms with Crippen molar-refractivity contribution in [1.29, 1.82) is 0 Å². The highest BCUT2D eigenvalue weighted by atomic mass is 16.3. The van der Waals surface area contributed by atoms with Crippen LogP contribution in [0.5, 0.6) is 0 Å². The summed E-state index contributed by atoms with van der Waals surface area (Å²) >= 11 is 0. The molecule has 0 radical (unpaired) electrons. The van der Waals surface area contributed by atoms with Crippen LogP contribution in [0.4, 0.5) is 0 Å². The van der Waals surface area contributed by atoms with Crippen molar-refractivity contribution in [3.05, 3.63) is 0 Å². The quantitative estimate of drug-likeness (QED) is 0.712. The van der Waals surface area contributed by atoms with Gasteiger partial charge in [-0.3, -0.25) is 4.79 Å². The predicted molar refractivity (Wildman–Crippen MR) is 59.3 cm³/mol. The summed E-state index contributed by atoms with van der Waals surface area (Å²) in [6.45, 7) is 5.22. The number of hydrogen-bond acceptors (Lipinski definition) is 3. The average Bonchev–Trinajstić information content (AvgIpc) is 2.27. The third kappa shape index (κ3) is 3.18. The zero-order chi connectivity index (χ0) is 11.4. The van der Waals surface area contributed by atoms with E-state index in [1.807, 2.05) is 18.7 Å². The van der Waals surface area contributed by atoms with E-state index in [9.17, 15) is 9.90 Å². The number of carbonyl (C=O) groups is 1. The first-order chi connectivity index (χ1) is 7.06. The molecule has 0 saturated carbocycles. The van der Waals surface area contributed by atoms with E-state index in [0.717, 1.165) is 25.9 Å². The molecule has 4 heteroatoms. The molecule has 1 amide bonds. The highest BCUT2D eigenvalue weighted by Crippen LogP contribution is 2.20. The van der Waals surface area contributed by atoms with Crippen molar-refractivity contribution < 1.29 is 9.90 Å². The molecule has 0 aromatic rings. The molecule has 1 fully saturated rings. The number of rotatable bonds is 3. The third-order valence-corrected chi connectivity index (χ3v) is 3.29. The van der Waals surface area contributed by atoms with Crippen molar-refractivity contribution in [2.75, 3.05) is 13.1 Å². The highest BCUT2D eigenvalue weighted by Gasteiger charge is 2.27. The molecule has 88 valence electrons. The van der Waals surface area contributed by atoms with Crippen molar-refractivity contribution >= 4 is 5.91 Å². The molecule has 0 aliphatic carbocycles. The molecule has 0 bridgehead atoms. The Labute approximate surface area is 91.4 Å². The van der Waals surface area contributed by atoms with Gasteiger partial charge in [0.25, 0.3) is 0 Å². The molecular weight excluding hydrogens is 192 g/mol. The average molecular weight is 214 g/mol. The molecule has 4 nitrogen and oxygen atoms in total. The Kier molecular flexibility index (Phi) is 4.54. The second kappa shape index (κ2) is 5.47. The lowest BCUT2D eigenvalue weighted by Gasteiger charge is -2.34. The first-order valence-corrected chi connectivity index (χ1v) is 5.78. The van der Waals surface area contributed by atoms with Gasteiger partial charge in [0.2, 0.25) is 5.91 Å². The van der Waals surface area contributed by atoms with Crippen molar-refractivity contribution in [2.24, 2.45) is 11.7 Å². The molecule has 0 aromatic heterocycles. The van der Waals surface area contributed by atoms with Crippen molar-refractivity contribution in [1.82, 2.24) is 4.90 Å². The van der Waals surface area contributed by atoms with E-state index in [2.05, 4.69) is 0 Å². The van der Waals surface area contributed by atoms with Crippen LogP contribution in [0.25, 0.3) is 0 Å². The van der Waals surface area contributed by atoms with Gasteiger partial charge in [0.15, 0.2) is 0 Å². The number of piperidine rings is 1. The molecule has 1 saturated heterocycles. The summed E-state index contributed by atoms with van der Waals surface area (Å²) in [4.78, 5) is 13.6. The Hall–Kier alpha value is -0.610. The summed E-state index contributed by atoms with van der Waals surface area (Å²) in [6.07, 6.45) is 2.21. The summed E-state index contributed by atoms with van der Waals surface area (Å²) in [5.41, 5.74) is 5.70. The largest absolute Gasteiger partial charge is 0.393 e. The Morgan fingerprint density at radius 2 is 2.07 bits per heavy atom. The number of aliphatic hydroxyl groups excluding tert-OH is 1. The monoisotopic (exact) mass is 214 g/mol. The van der Waals surface area contributed by atoms with Crippen LogP contribution in [0, 0.1) is 5.92 Å². The molecule has 0 spiro atoms. The molecule has 1 aliphatic rings. The van der Waals surface area contributed by atoms with Gasteiger partial charge in [0.05, 0.1) is 12.1 Å². The van der Waals surface area contributed by atoms with Gasteiger partial charge in [0.1, 0.15) is 0 Å². The zero-order valence-electron chi connectivity index (χ0n) is 9.65. The van der Waals surface area contributed by atoms with E-state index in [1.165, 1.54) is 0 Å². The fraction of sp³-hybridized carbons (Fsp3) is 0.909. The van der Waals surface area contributed by atoms with Crippen molar-refractivity contribution in [2.45, 2.75) is 45.3 Å². The summed E-state index contributed by atoms with van der Waals surface area (Å²) in [5.74, 6) is 0.397. The van der Waals surface area contributed by atoms with Gasteiger partial charge in [-0.25, -0.2) is 0 Å². The molecule has 0 aromatic carbocycles. The van der Waals surface area contributed by atoms with Gasteiger partial charge in [-0.05, 0) is 32.1 Å². The zero-order valence-corrected chi connectivity index (χ0v) is 9.65. The number of aliphatic hydroxyl groups is 1. The van der Waals surface area contributed by atoms with Gasteiger partial charge in [-0.15, -0.1) is 0 Å². The Morgan fingerprint density at radius 1 is 1.53 bits per heavy atom. The smallest absolute Gasteiger partial charge is 0.239 e. The van der Waals surface area contributed by atoms with Crippen LogP contribution >= 0.6 is 0 Å². The lowest BCUT2D eigenvalue weighted by molar-refractivity contribution is -0.134. The predicted octanol–water partition coefficient (Wildman–Crippen LogP) is 0.343. The van der Waals surface area contributed by atoms with Crippen molar-refractivity contribution in [3.63, 3.8) is 0 Å². The first-order valence-electron chi connectivity index (χ1n) is 5.78. The van der Waals surface area contributed by atoms with Gasteiger partial charge in [-0.2, -0.15) is 0 Å². The normalized spacial score (nSPS) is 22.5. The fourth-order valence-corrected chi connectivity index (χ4v) is 2.01. The maximum atomic E-state index is 11.7. The van der Waals surface area contributed by atoms with Gasteiger partial charge in [0, 0.05) is 13.1 Å². The minimum atomic E-state index is -0.354. The molecule has 1 unspecified atom stereocenters. The Bertz CT molecular complexity index is 211. The number of hydrogen-bond donors (Lipinski definition) is 2. The maximum absolute atomic E-state index is 11.7. The van der Waals surface area contributed by atoms with Gasteiger partial charge >= 0.3 is 0 Å². The summed E-state index contributed by atoms with van der Waals surface area (Å²) in [7, 11) is 0. The van der Waals surface area contributed by atoms with E-state index in [0.29, 0.717) is 12.3 Å². The molecule has 3 N–H and O–H groups in total. The summed E-state index contributed by atoms with van der Waals surface area (Å²) in [5, 5.41) is 9.43. The molecule has 1 aliphatic heterocycles. The standard InChI is InChI=1S/C11H22N2O2/c1-3-10(12)11(15)13-6-4-9(5-7-13)8(2)14/h8-10,14H,3-7,12H2,1-2H3/t8?,10-/m0/s1. The molecule has 15 heavy (non-hydrogen) atoms. The summed E-state index contributed by atoms with van der Waals surface area (Å²) in [6, 6.07) is -0.354. The first kappa shape index (κ1) is 12.5. The highest BCUT2D eigenvalue weighted by molar-refractivity contribution is 5.81. The lowest BCUT2D eigenvalue weighted by atomic mass is 9.92. The third-order valence-electron chi connectivity index (χ3n) is 3.29. The Morgan fingerprint density at radius 3 is 2.47 bits per heavy atom. The van der Waals surface area contributed by atoms with E-state index < -0.39 is 0 Å². The van der Waals surface area contributed by atoms with E-state index in [-0.39, 0.29) is 18.1 Å². The molecular formula is C11H22N2O2. The van der Waals surface area contributed by atoms with Crippen LogP contribution in [-0.2, 0) is 4.79 Å². The lowest BCUT2D eigenvalue weighted by Crippen LogP contribution is -2.47. The SMILES string of the molecule is CC[C@H](N)C(=O)N1CCC(C(C)O)CC1. The molecule has 1 rings (SSSR count). The minimum Gasteiger partial charge on any atom is -0.393 e. The fourth-order valence-electron chi connectivity index (χ4n) is 2.01. The maximum Gasteiger partial charge on any atom is 0.239 e. The topological polar surface area (TPSA) is 66.6 Å². The van der Waals surface area contributed by atoms with Gasteiger partial charge < -0.3 is 15.7 Å². The van der Waals surface area contributed by atoms with Crippen LogP contribution in [0.1, 0.15) is 33.1 Å². The molecule has 2 atom stereocenters. The second-order valence-electron chi connectivity index (χ2n) is 4.42.